The number of thiophene rings is 2. The Bertz CT molecular complexity index is 1260. The van der Waals surface area contributed by atoms with Crippen molar-refractivity contribution in [3.05, 3.63) is 57.8 Å². The van der Waals surface area contributed by atoms with Crippen LogP contribution in [0.25, 0.3) is 20.7 Å². The average molecular weight is 425 g/mol. The molecule has 5 rings (SSSR count). The molecule has 0 bridgehead atoms. The van der Waals surface area contributed by atoms with Crippen molar-refractivity contribution in [3.8, 4) is 21.9 Å². The number of rotatable bonds is 4. The molecule has 0 atom stereocenters. The van der Waals surface area contributed by atoms with Crippen LogP contribution >= 0.6 is 22.7 Å². The Morgan fingerprint density at radius 3 is 2.93 bits per heavy atom. The predicted molar refractivity (Wildman–Crippen MR) is 113 cm³/mol. The number of benzene rings is 1. The maximum absolute atomic E-state index is 13.0. The number of hydrogen-bond acceptors (Lipinski definition) is 7. The molecular formula is C20H15N3O4S2. The molecule has 0 fully saturated rings. The minimum absolute atomic E-state index is 0.147. The lowest BCUT2D eigenvalue weighted by Gasteiger charge is -2.21. The van der Waals surface area contributed by atoms with Gasteiger partial charge in [0.15, 0.2) is 11.5 Å². The van der Waals surface area contributed by atoms with Gasteiger partial charge in [-0.3, -0.25) is 14.2 Å². The number of aromatic nitrogens is 2. The van der Waals surface area contributed by atoms with Gasteiger partial charge < -0.3 is 14.8 Å². The predicted octanol–water partition coefficient (Wildman–Crippen LogP) is 3.60. The van der Waals surface area contributed by atoms with Gasteiger partial charge >= 0.3 is 0 Å². The van der Waals surface area contributed by atoms with Crippen LogP contribution in [-0.4, -0.2) is 28.7 Å². The van der Waals surface area contributed by atoms with Crippen LogP contribution in [0, 0.1) is 0 Å². The number of amides is 1. The molecule has 4 heterocycles. The standard InChI is InChI=1S/C20H15N3O4S2/c24-16(22-13-3-1-4-14-18(13)27-7-6-26-14)9-23-11-21-19-17(20(23)25)12(10-29-19)15-5-2-8-28-15/h1-5,8,10-11H,6-7,9H2,(H,22,24). The molecule has 0 spiro atoms. The summed E-state index contributed by atoms with van der Waals surface area (Å²) in [6, 6.07) is 9.22. The first-order valence-electron chi connectivity index (χ1n) is 8.89. The summed E-state index contributed by atoms with van der Waals surface area (Å²) >= 11 is 2.99. The zero-order chi connectivity index (χ0) is 19.8. The van der Waals surface area contributed by atoms with Crippen molar-refractivity contribution in [2.75, 3.05) is 18.5 Å². The highest BCUT2D eigenvalue weighted by Gasteiger charge is 2.19. The number of nitrogens with zero attached hydrogens (tertiary/aromatic N) is 2. The number of carbonyl (C=O) groups excluding carboxylic acids is 1. The fourth-order valence-electron chi connectivity index (χ4n) is 3.21. The van der Waals surface area contributed by atoms with E-state index in [-0.39, 0.29) is 18.0 Å². The monoisotopic (exact) mass is 425 g/mol. The molecule has 0 radical (unpaired) electrons. The lowest BCUT2D eigenvalue weighted by Crippen LogP contribution is -2.28. The van der Waals surface area contributed by atoms with Gasteiger partial charge in [-0.2, -0.15) is 0 Å². The topological polar surface area (TPSA) is 82.5 Å². The number of para-hydroxylation sites is 1. The van der Waals surface area contributed by atoms with E-state index >= 15 is 0 Å². The van der Waals surface area contributed by atoms with Gasteiger partial charge in [0.25, 0.3) is 5.56 Å². The number of nitrogens with one attached hydrogen (secondary N) is 1. The Kier molecular flexibility index (Phi) is 4.53. The lowest BCUT2D eigenvalue weighted by molar-refractivity contribution is -0.116. The Morgan fingerprint density at radius 2 is 2.07 bits per heavy atom. The molecule has 0 saturated carbocycles. The molecule has 0 aliphatic carbocycles. The molecule has 4 aromatic rings. The van der Waals surface area contributed by atoms with Crippen LogP contribution in [0.15, 0.2) is 52.2 Å². The van der Waals surface area contributed by atoms with E-state index in [1.165, 1.54) is 22.2 Å². The summed E-state index contributed by atoms with van der Waals surface area (Å²) in [6.45, 7) is 0.744. The van der Waals surface area contributed by atoms with E-state index in [9.17, 15) is 9.59 Å². The van der Waals surface area contributed by atoms with E-state index in [1.807, 2.05) is 22.9 Å². The van der Waals surface area contributed by atoms with E-state index < -0.39 is 0 Å². The van der Waals surface area contributed by atoms with Gasteiger partial charge in [0.2, 0.25) is 5.91 Å². The molecule has 7 nitrogen and oxygen atoms in total. The fraction of sp³-hybridized carbons (Fsp3) is 0.150. The molecule has 9 heteroatoms. The molecule has 3 aromatic heterocycles. The molecule has 1 amide bonds. The maximum atomic E-state index is 13.0. The van der Waals surface area contributed by atoms with Crippen LogP contribution in [0.5, 0.6) is 11.5 Å². The van der Waals surface area contributed by atoms with Gasteiger partial charge in [-0.15, -0.1) is 22.7 Å². The van der Waals surface area contributed by atoms with Crippen LogP contribution in [0.3, 0.4) is 0 Å². The first-order valence-corrected chi connectivity index (χ1v) is 10.7. The van der Waals surface area contributed by atoms with Crippen LogP contribution in [0.1, 0.15) is 0 Å². The Labute approximate surface area is 173 Å². The molecule has 29 heavy (non-hydrogen) atoms. The van der Waals surface area contributed by atoms with E-state index in [0.29, 0.717) is 40.6 Å². The summed E-state index contributed by atoms with van der Waals surface area (Å²) in [6.07, 6.45) is 1.42. The second-order valence-electron chi connectivity index (χ2n) is 6.36. The van der Waals surface area contributed by atoms with Crippen LogP contribution in [-0.2, 0) is 11.3 Å². The lowest BCUT2D eigenvalue weighted by atomic mass is 10.2. The summed E-state index contributed by atoms with van der Waals surface area (Å²) in [5.41, 5.74) is 1.14. The zero-order valence-electron chi connectivity index (χ0n) is 15.1. The third kappa shape index (κ3) is 3.28. The van der Waals surface area contributed by atoms with Gasteiger partial charge in [0, 0.05) is 15.8 Å². The Morgan fingerprint density at radius 1 is 1.17 bits per heavy atom. The first kappa shape index (κ1) is 17.9. The highest BCUT2D eigenvalue weighted by atomic mass is 32.1. The van der Waals surface area contributed by atoms with Crippen molar-refractivity contribution in [3.63, 3.8) is 0 Å². The van der Waals surface area contributed by atoms with Crippen molar-refractivity contribution in [1.29, 1.82) is 0 Å². The third-order valence-corrected chi connectivity index (χ3v) is 6.29. The van der Waals surface area contributed by atoms with E-state index in [2.05, 4.69) is 10.3 Å². The summed E-state index contributed by atoms with van der Waals surface area (Å²) in [5.74, 6) is 0.753. The first-order chi connectivity index (χ1) is 14.2. The summed E-state index contributed by atoms with van der Waals surface area (Å²) in [4.78, 5) is 31.7. The maximum Gasteiger partial charge on any atom is 0.263 e. The van der Waals surface area contributed by atoms with Gasteiger partial charge in [-0.1, -0.05) is 12.1 Å². The third-order valence-electron chi connectivity index (χ3n) is 4.50. The number of hydrogen-bond donors (Lipinski definition) is 1. The van der Waals surface area contributed by atoms with E-state index in [1.54, 1.807) is 29.5 Å². The van der Waals surface area contributed by atoms with Gasteiger partial charge in [0.1, 0.15) is 24.6 Å². The van der Waals surface area contributed by atoms with E-state index in [0.717, 1.165) is 10.4 Å². The Hall–Kier alpha value is -3.17. The molecule has 1 aliphatic heterocycles. The molecule has 0 unspecified atom stereocenters. The average Bonchev–Trinajstić information content (AvgIpc) is 3.40. The smallest absolute Gasteiger partial charge is 0.263 e. The van der Waals surface area contributed by atoms with Crippen molar-refractivity contribution in [1.82, 2.24) is 9.55 Å². The summed E-state index contributed by atoms with van der Waals surface area (Å²) in [5, 5.41) is 7.25. The number of anilines is 1. The molecule has 146 valence electrons. The highest BCUT2D eigenvalue weighted by Crippen LogP contribution is 2.37. The number of fused-ring (bicyclic) bond motifs is 2. The molecular weight excluding hydrogens is 410 g/mol. The fourth-order valence-corrected chi connectivity index (χ4v) is 4.93. The summed E-state index contributed by atoms with van der Waals surface area (Å²) in [7, 11) is 0. The Balaban J connectivity index is 1.44. The minimum atomic E-state index is -0.344. The molecule has 1 aromatic carbocycles. The second-order valence-corrected chi connectivity index (χ2v) is 8.17. The van der Waals surface area contributed by atoms with Crippen LogP contribution in [0.4, 0.5) is 5.69 Å². The largest absolute Gasteiger partial charge is 0.486 e. The number of ether oxygens (including phenoxy) is 2. The second kappa shape index (κ2) is 7.34. The van der Waals surface area contributed by atoms with Gasteiger partial charge in [0.05, 0.1) is 17.4 Å². The molecule has 0 saturated heterocycles. The zero-order valence-corrected chi connectivity index (χ0v) is 16.7. The van der Waals surface area contributed by atoms with Crippen molar-refractivity contribution in [2.24, 2.45) is 0 Å². The van der Waals surface area contributed by atoms with Gasteiger partial charge in [-0.05, 0) is 23.6 Å². The van der Waals surface area contributed by atoms with Crippen LogP contribution < -0.4 is 20.3 Å². The normalized spacial score (nSPS) is 12.8. The van der Waals surface area contributed by atoms with Gasteiger partial charge in [-0.25, -0.2) is 4.98 Å². The van der Waals surface area contributed by atoms with Crippen molar-refractivity contribution >= 4 is 44.5 Å². The van der Waals surface area contributed by atoms with Crippen LogP contribution in [0.2, 0.25) is 0 Å². The molecule has 1 N–H and O–H groups in total. The van der Waals surface area contributed by atoms with Crippen molar-refractivity contribution in [2.45, 2.75) is 6.54 Å². The van der Waals surface area contributed by atoms with E-state index in [4.69, 9.17) is 9.47 Å². The SMILES string of the molecule is O=C(Cn1cnc2scc(-c3cccs3)c2c1=O)Nc1cccc2c1OCCO2. The van der Waals surface area contributed by atoms with Crippen molar-refractivity contribution < 1.29 is 14.3 Å². The quantitative estimate of drug-likeness (QED) is 0.540. The minimum Gasteiger partial charge on any atom is -0.486 e. The molecule has 1 aliphatic rings. The summed E-state index contributed by atoms with van der Waals surface area (Å²) < 4.78 is 12.5. The highest BCUT2D eigenvalue weighted by molar-refractivity contribution is 7.18. The number of carbonyl (C=O) groups is 1.